The van der Waals surface area contributed by atoms with Gasteiger partial charge in [0.25, 0.3) is 5.91 Å². The Balaban J connectivity index is 1.62. The molecular weight excluding hydrogens is 328 g/mol. The monoisotopic (exact) mass is 354 g/mol. The van der Waals surface area contributed by atoms with Crippen LogP contribution in [0.25, 0.3) is 5.57 Å². The van der Waals surface area contributed by atoms with E-state index in [9.17, 15) is 9.59 Å². The molecule has 1 amide bonds. The highest BCUT2D eigenvalue weighted by atomic mass is 16.5. The lowest BCUT2D eigenvalue weighted by molar-refractivity contribution is 0.0410. The highest BCUT2D eigenvalue weighted by molar-refractivity contribution is 6.09. The molecule has 1 atom stereocenters. The van der Waals surface area contributed by atoms with E-state index in [1.165, 1.54) is 19.3 Å². The van der Waals surface area contributed by atoms with E-state index in [2.05, 4.69) is 22.5 Å². The summed E-state index contributed by atoms with van der Waals surface area (Å²) < 4.78 is 5.63. The van der Waals surface area contributed by atoms with Gasteiger partial charge in [-0.2, -0.15) is 0 Å². The summed E-state index contributed by atoms with van der Waals surface area (Å²) in [6, 6.07) is 0. The number of esters is 1. The van der Waals surface area contributed by atoms with Gasteiger partial charge in [0, 0.05) is 11.8 Å². The second kappa shape index (κ2) is 6.45. The number of rotatable bonds is 3. The molecule has 4 rings (SSSR count). The molecule has 2 N–H and O–H groups in total. The number of carbonyl (C=O) groups is 2. The van der Waals surface area contributed by atoms with Gasteiger partial charge in [-0.05, 0) is 44.6 Å². The lowest BCUT2D eigenvalue weighted by Crippen LogP contribution is -2.51. The number of hydrogen-bond acceptors (Lipinski definition) is 3. The summed E-state index contributed by atoms with van der Waals surface area (Å²) in [6.45, 7) is 4.52. The van der Waals surface area contributed by atoms with Crippen molar-refractivity contribution in [3.8, 4) is 0 Å². The number of amides is 1. The Kier molecular flexibility index (Phi) is 4.25. The largest absolute Gasteiger partial charge is 0.462 e. The minimum absolute atomic E-state index is 0.168. The first-order valence-corrected chi connectivity index (χ1v) is 9.58. The molecule has 0 bridgehead atoms. The number of aromatic nitrogens is 1. The average Bonchev–Trinajstić information content (AvgIpc) is 3.08. The molecule has 0 saturated heterocycles. The number of carbonyl (C=O) groups excluding carboxylic acids is 2. The Hall–Kier alpha value is -2.30. The number of ether oxygens (including phenoxy) is 1. The van der Waals surface area contributed by atoms with Crippen LogP contribution in [0.1, 0.15) is 78.8 Å². The summed E-state index contributed by atoms with van der Waals surface area (Å²) >= 11 is 0. The molecule has 5 nitrogen and oxygen atoms in total. The van der Waals surface area contributed by atoms with Gasteiger partial charge in [0.05, 0.1) is 17.7 Å². The Labute approximate surface area is 153 Å². The third-order valence-corrected chi connectivity index (χ3v) is 5.96. The van der Waals surface area contributed by atoms with Crippen LogP contribution in [0, 0.1) is 5.92 Å². The first-order valence-electron chi connectivity index (χ1n) is 9.58. The zero-order valence-corrected chi connectivity index (χ0v) is 15.5. The van der Waals surface area contributed by atoms with Crippen LogP contribution >= 0.6 is 0 Å². The SMILES string of the molecule is CC1=CCC2(C)NC(=O)c3[nH]cc(C(=O)OCC4CCCCC4)c3C2=C1. The van der Waals surface area contributed by atoms with Crippen LogP contribution in [-0.4, -0.2) is 29.0 Å². The summed E-state index contributed by atoms with van der Waals surface area (Å²) in [5.74, 6) is -0.0349. The minimum atomic E-state index is -0.482. The quantitative estimate of drug-likeness (QED) is 0.806. The summed E-state index contributed by atoms with van der Waals surface area (Å²) in [5.41, 5.74) is 3.27. The van der Waals surface area contributed by atoms with Crippen molar-refractivity contribution in [2.75, 3.05) is 6.61 Å². The van der Waals surface area contributed by atoms with Gasteiger partial charge in [-0.25, -0.2) is 4.79 Å². The van der Waals surface area contributed by atoms with E-state index in [1.54, 1.807) is 6.20 Å². The third kappa shape index (κ3) is 2.89. The number of allylic oxidation sites excluding steroid dienone is 2. The van der Waals surface area contributed by atoms with E-state index >= 15 is 0 Å². The van der Waals surface area contributed by atoms with Crippen molar-refractivity contribution >= 4 is 17.4 Å². The van der Waals surface area contributed by atoms with Crippen molar-refractivity contribution in [3.05, 3.63) is 40.7 Å². The molecule has 0 aromatic carbocycles. The molecule has 0 radical (unpaired) electrons. The first kappa shape index (κ1) is 17.1. The molecule has 1 aliphatic heterocycles. The van der Waals surface area contributed by atoms with Crippen LogP contribution in [0.15, 0.2) is 23.9 Å². The molecule has 1 unspecified atom stereocenters. The van der Waals surface area contributed by atoms with Gasteiger partial charge in [-0.1, -0.05) is 37.0 Å². The van der Waals surface area contributed by atoms with Gasteiger partial charge in [0.15, 0.2) is 0 Å². The standard InChI is InChI=1S/C21H26N2O3/c1-13-8-9-21(2)16(10-13)17-15(11-22-18(17)19(24)23-21)20(25)26-12-14-6-4-3-5-7-14/h8,10-11,14,22H,3-7,9,12H2,1-2H3,(H,23,24). The van der Waals surface area contributed by atoms with E-state index in [4.69, 9.17) is 4.74 Å². The van der Waals surface area contributed by atoms with Crippen LogP contribution in [-0.2, 0) is 4.74 Å². The van der Waals surface area contributed by atoms with E-state index in [-0.39, 0.29) is 11.9 Å². The van der Waals surface area contributed by atoms with E-state index in [1.807, 2.05) is 13.8 Å². The molecule has 138 valence electrons. The number of fused-ring (bicyclic) bond motifs is 3. The van der Waals surface area contributed by atoms with Crippen molar-refractivity contribution in [3.63, 3.8) is 0 Å². The second-order valence-corrected chi connectivity index (χ2v) is 8.05. The van der Waals surface area contributed by atoms with Gasteiger partial charge in [-0.15, -0.1) is 0 Å². The third-order valence-electron chi connectivity index (χ3n) is 5.96. The highest BCUT2D eigenvalue weighted by Crippen LogP contribution is 2.41. The fourth-order valence-corrected chi connectivity index (χ4v) is 4.37. The van der Waals surface area contributed by atoms with E-state index in [0.29, 0.717) is 29.3 Å². The van der Waals surface area contributed by atoms with Crippen LogP contribution in [0.5, 0.6) is 0 Å². The molecule has 1 aromatic rings. The lowest BCUT2D eigenvalue weighted by Gasteiger charge is -2.39. The zero-order valence-electron chi connectivity index (χ0n) is 15.5. The Morgan fingerprint density at radius 3 is 2.85 bits per heavy atom. The van der Waals surface area contributed by atoms with Crippen LogP contribution in [0.2, 0.25) is 0 Å². The van der Waals surface area contributed by atoms with Crippen LogP contribution in [0.3, 0.4) is 0 Å². The smallest absolute Gasteiger partial charge is 0.340 e. The molecule has 3 aliphatic rings. The van der Waals surface area contributed by atoms with Crippen molar-refractivity contribution in [2.45, 2.75) is 57.9 Å². The Bertz CT molecular complexity index is 811. The van der Waals surface area contributed by atoms with Crippen LogP contribution in [0.4, 0.5) is 0 Å². The fourth-order valence-electron chi connectivity index (χ4n) is 4.37. The molecule has 2 aliphatic carbocycles. The van der Waals surface area contributed by atoms with Crippen molar-refractivity contribution in [1.29, 1.82) is 0 Å². The number of H-pyrrole nitrogens is 1. The van der Waals surface area contributed by atoms with E-state index in [0.717, 1.165) is 30.4 Å². The van der Waals surface area contributed by atoms with Gasteiger partial charge in [0.1, 0.15) is 5.69 Å². The molecule has 0 spiro atoms. The van der Waals surface area contributed by atoms with Gasteiger partial charge < -0.3 is 15.0 Å². The number of nitrogens with one attached hydrogen (secondary N) is 2. The molecule has 2 heterocycles. The van der Waals surface area contributed by atoms with E-state index < -0.39 is 5.54 Å². The average molecular weight is 354 g/mol. The maximum absolute atomic E-state index is 12.8. The minimum Gasteiger partial charge on any atom is -0.462 e. The van der Waals surface area contributed by atoms with Gasteiger partial charge in [-0.3, -0.25) is 4.79 Å². The number of hydrogen-bond donors (Lipinski definition) is 2. The zero-order chi connectivity index (χ0) is 18.3. The van der Waals surface area contributed by atoms with Crippen molar-refractivity contribution in [2.24, 2.45) is 5.92 Å². The van der Waals surface area contributed by atoms with Gasteiger partial charge in [0.2, 0.25) is 0 Å². The van der Waals surface area contributed by atoms with Crippen LogP contribution < -0.4 is 5.32 Å². The van der Waals surface area contributed by atoms with Crippen molar-refractivity contribution in [1.82, 2.24) is 10.3 Å². The predicted molar refractivity (Wildman–Crippen MR) is 99.9 cm³/mol. The molecule has 1 saturated carbocycles. The molecular formula is C21H26N2O3. The summed E-state index contributed by atoms with van der Waals surface area (Å²) in [6.07, 6.45) is 12.5. The molecule has 5 heteroatoms. The topological polar surface area (TPSA) is 71.2 Å². The first-order chi connectivity index (χ1) is 12.5. The predicted octanol–water partition coefficient (Wildman–Crippen LogP) is 3.99. The molecule has 1 fully saturated rings. The van der Waals surface area contributed by atoms with Gasteiger partial charge >= 0.3 is 5.97 Å². The summed E-state index contributed by atoms with van der Waals surface area (Å²) in [4.78, 5) is 28.3. The van der Waals surface area contributed by atoms with Crippen molar-refractivity contribution < 1.29 is 14.3 Å². The normalized spacial score (nSPS) is 25.5. The maximum Gasteiger partial charge on any atom is 0.340 e. The summed E-state index contributed by atoms with van der Waals surface area (Å²) in [7, 11) is 0. The Morgan fingerprint density at radius 1 is 1.31 bits per heavy atom. The highest BCUT2D eigenvalue weighted by Gasteiger charge is 2.42. The maximum atomic E-state index is 12.8. The fraction of sp³-hybridized carbons (Fsp3) is 0.524. The summed E-state index contributed by atoms with van der Waals surface area (Å²) in [5, 5.41) is 3.07. The molecule has 26 heavy (non-hydrogen) atoms. The Morgan fingerprint density at radius 2 is 2.08 bits per heavy atom. The number of aromatic amines is 1. The lowest BCUT2D eigenvalue weighted by atomic mass is 9.75. The second-order valence-electron chi connectivity index (χ2n) is 8.05. The molecule has 1 aromatic heterocycles.